The van der Waals surface area contributed by atoms with Crippen LogP contribution >= 0.6 is 0 Å². The number of nitrogens with zero attached hydrogens (tertiary/aromatic N) is 4. The Morgan fingerprint density at radius 3 is 2.70 bits per heavy atom. The summed E-state index contributed by atoms with van der Waals surface area (Å²) in [6, 6.07) is 4.82. The van der Waals surface area contributed by atoms with Crippen molar-refractivity contribution < 1.29 is 4.79 Å². The molecule has 1 aromatic rings. The highest BCUT2D eigenvalue weighted by atomic mass is 16.2. The Morgan fingerprint density at radius 1 is 1.26 bits per heavy atom. The zero-order chi connectivity index (χ0) is 19.2. The molecule has 27 heavy (non-hydrogen) atoms. The van der Waals surface area contributed by atoms with Crippen molar-refractivity contribution >= 4 is 5.91 Å². The first kappa shape index (κ1) is 20.3. The van der Waals surface area contributed by atoms with E-state index in [1.54, 1.807) is 0 Å². The van der Waals surface area contributed by atoms with Crippen molar-refractivity contribution in [3.8, 4) is 0 Å². The number of hydrogen-bond acceptors (Lipinski definition) is 4. The SMILES string of the molecule is CC(C)CN(C)C(=O)[C@@H]1CCCN(C2CCN(Cc3cccnc3)CC2)C1. The van der Waals surface area contributed by atoms with Crippen LogP contribution in [-0.4, -0.2) is 71.4 Å². The van der Waals surface area contributed by atoms with Crippen LogP contribution in [-0.2, 0) is 11.3 Å². The Kier molecular flexibility index (Phi) is 7.25. The zero-order valence-electron chi connectivity index (χ0n) is 17.3. The number of carbonyl (C=O) groups is 1. The Bertz CT molecular complexity index is 583. The Labute approximate surface area is 164 Å². The van der Waals surface area contributed by atoms with E-state index in [2.05, 4.69) is 34.7 Å². The lowest BCUT2D eigenvalue weighted by molar-refractivity contribution is -0.137. The summed E-state index contributed by atoms with van der Waals surface area (Å²) >= 11 is 0. The van der Waals surface area contributed by atoms with Gasteiger partial charge in [0.2, 0.25) is 5.91 Å². The predicted molar refractivity (Wildman–Crippen MR) is 109 cm³/mol. The Balaban J connectivity index is 1.47. The average molecular weight is 373 g/mol. The molecule has 1 amide bonds. The lowest BCUT2D eigenvalue weighted by atomic mass is 9.92. The summed E-state index contributed by atoms with van der Waals surface area (Å²) in [5.74, 6) is 1.07. The minimum Gasteiger partial charge on any atom is -0.345 e. The van der Waals surface area contributed by atoms with Crippen LogP contribution in [0.15, 0.2) is 24.5 Å². The van der Waals surface area contributed by atoms with E-state index in [0.29, 0.717) is 17.9 Å². The van der Waals surface area contributed by atoms with Crippen LogP contribution in [0.4, 0.5) is 0 Å². The van der Waals surface area contributed by atoms with Crippen LogP contribution in [0.25, 0.3) is 0 Å². The van der Waals surface area contributed by atoms with Crippen molar-refractivity contribution in [3.63, 3.8) is 0 Å². The second-order valence-electron chi connectivity index (χ2n) is 8.82. The number of piperidine rings is 2. The van der Waals surface area contributed by atoms with Crippen LogP contribution < -0.4 is 0 Å². The van der Waals surface area contributed by atoms with Crippen LogP contribution in [0.2, 0.25) is 0 Å². The molecule has 0 N–H and O–H groups in total. The summed E-state index contributed by atoms with van der Waals surface area (Å²) in [7, 11) is 1.97. The van der Waals surface area contributed by atoms with Crippen molar-refractivity contribution in [1.29, 1.82) is 0 Å². The van der Waals surface area contributed by atoms with Crippen LogP contribution in [0.3, 0.4) is 0 Å². The predicted octanol–water partition coefficient (Wildman–Crippen LogP) is 2.87. The molecule has 5 heteroatoms. The number of carbonyl (C=O) groups excluding carboxylic acids is 1. The van der Waals surface area contributed by atoms with Crippen molar-refractivity contribution in [1.82, 2.24) is 19.7 Å². The van der Waals surface area contributed by atoms with Gasteiger partial charge in [0, 0.05) is 45.1 Å². The maximum absolute atomic E-state index is 12.8. The third-order valence-corrected chi connectivity index (χ3v) is 6.02. The monoisotopic (exact) mass is 372 g/mol. The summed E-state index contributed by atoms with van der Waals surface area (Å²) in [5, 5.41) is 0. The summed E-state index contributed by atoms with van der Waals surface area (Å²) in [6.07, 6.45) is 8.44. The molecular formula is C22H36N4O. The molecule has 0 unspecified atom stereocenters. The van der Waals surface area contributed by atoms with Gasteiger partial charge in [-0.25, -0.2) is 0 Å². The van der Waals surface area contributed by atoms with Crippen molar-refractivity contribution in [2.24, 2.45) is 11.8 Å². The van der Waals surface area contributed by atoms with E-state index in [1.165, 1.54) is 18.4 Å². The number of likely N-dealkylation sites (tertiary alicyclic amines) is 2. The first-order valence-electron chi connectivity index (χ1n) is 10.6. The summed E-state index contributed by atoms with van der Waals surface area (Å²) in [6.45, 7) is 10.6. The van der Waals surface area contributed by atoms with E-state index >= 15 is 0 Å². The molecule has 0 spiro atoms. The fourth-order valence-corrected chi connectivity index (χ4v) is 4.68. The van der Waals surface area contributed by atoms with Gasteiger partial charge in [0.05, 0.1) is 5.92 Å². The van der Waals surface area contributed by atoms with E-state index < -0.39 is 0 Å². The summed E-state index contributed by atoms with van der Waals surface area (Å²) in [4.78, 5) is 24.1. The third-order valence-electron chi connectivity index (χ3n) is 6.02. The molecule has 2 aliphatic heterocycles. The number of amides is 1. The highest BCUT2D eigenvalue weighted by Crippen LogP contribution is 2.25. The van der Waals surface area contributed by atoms with E-state index in [4.69, 9.17) is 0 Å². The first-order chi connectivity index (χ1) is 13.0. The maximum Gasteiger partial charge on any atom is 0.226 e. The van der Waals surface area contributed by atoms with Gasteiger partial charge in [0.25, 0.3) is 0 Å². The minimum atomic E-state index is 0.191. The quantitative estimate of drug-likeness (QED) is 0.770. The highest BCUT2D eigenvalue weighted by Gasteiger charge is 2.32. The second-order valence-corrected chi connectivity index (χ2v) is 8.82. The summed E-state index contributed by atoms with van der Waals surface area (Å²) in [5.41, 5.74) is 1.30. The van der Waals surface area contributed by atoms with E-state index in [1.807, 2.05) is 30.4 Å². The Hall–Kier alpha value is -1.46. The summed E-state index contributed by atoms with van der Waals surface area (Å²) < 4.78 is 0. The molecule has 1 atom stereocenters. The fourth-order valence-electron chi connectivity index (χ4n) is 4.68. The smallest absolute Gasteiger partial charge is 0.226 e. The standard InChI is InChI=1S/C22H36N4O/c1-18(2)15-24(3)22(27)20-7-5-11-26(17-20)21-8-12-25(13-9-21)16-19-6-4-10-23-14-19/h4,6,10,14,18,20-21H,5,7-9,11-13,15-17H2,1-3H3/t20-/m1/s1. The van der Waals surface area contributed by atoms with Gasteiger partial charge in [-0.15, -0.1) is 0 Å². The fraction of sp³-hybridized carbons (Fsp3) is 0.727. The maximum atomic E-state index is 12.8. The van der Waals surface area contributed by atoms with Gasteiger partial charge in [-0.2, -0.15) is 0 Å². The lowest BCUT2D eigenvalue weighted by Gasteiger charge is -2.42. The van der Waals surface area contributed by atoms with Crippen LogP contribution in [0.1, 0.15) is 45.1 Å². The van der Waals surface area contributed by atoms with Crippen molar-refractivity contribution in [2.45, 2.75) is 52.1 Å². The molecule has 0 saturated carbocycles. The Morgan fingerprint density at radius 2 is 2.04 bits per heavy atom. The third kappa shape index (κ3) is 5.76. The molecule has 2 aliphatic rings. The molecule has 5 nitrogen and oxygen atoms in total. The van der Waals surface area contributed by atoms with Crippen LogP contribution in [0, 0.1) is 11.8 Å². The second kappa shape index (κ2) is 9.65. The molecule has 2 fully saturated rings. The molecule has 3 rings (SSSR count). The molecular weight excluding hydrogens is 336 g/mol. The molecule has 0 aliphatic carbocycles. The molecule has 0 aromatic carbocycles. The average Bonchev–Trinajstić information content (AvgIpc) is 2.68. The molecule has 2 saturated heterocycles. The zero-order valence-corrected chi connectivity index (χ0v) is 17.3. The van der Waals surface area contributed by atoms with E-state index in [-0.39, 0.29) is 5.92 Å². The molecule has 1 aromatic heterocycles. The molecule has 0 bridgehead atoms. The molecule has 3 heterocycles. The minimum absolute atomic E-state index is 0.191. The molecule has 150 valence electrons. The van der Waals surface area contributed by atoms with E-state index in [0.717, 1.165) is 52.1 Å². The normalized spacial score (nSPS) is 22.9. The van der Waals surface area contributed by atoms with Gasteiger partial charge >= 0.3 is 0 Å². The van der Waals surface area contributed by atoms with Crippen LogP contribution in [0.5, 0.6) is 0 Å². The van der Waals surface area contributed by atoms with E-state index in [9.17, 15) is 4.79 Å². The van der Waals surface area contributed by atoms with Crippen molar-refractivity contribution in [3.05, 3.63) is 30.1 Å². The number of aromatic nitrogens is 1. The molecule has 0 radical (unpaired) electrons. The van der Waals surface area contributed by atoms with Crippen molar-refractivity contribution in [2.75, 3.05) is 39.8 Å². The van der Waals surface area contributed by atoms with Gasteiger partial charge in [-0.05, 0) is 62.9 Å². The van der Waals surface area contributed by atoms with Gasteiger partial charge in [-0.1, -0.05) is 19.9 Å². The van der Waals surface area contributed by atoms with Gasteiger partial charge in [-0.3, -0.25) is 19.6 Å². The number of pyridine rings is 1. The largest absolute Gasteiger partial charge is 0.345 e. The van der Waals surface area contributed by atoms with Gasteiger partial charge < -0.3 is 4.90 Å². The highest BCUT2D eigenvalue weighted by molar-refractivity contribution is 5.78. The van der Waals surface area contributed by atoms with Gasteiger partial charge in [0.1, 0.15) is 0 Å². The number of hydrogen-bond donors (Lipinski definition) is 0. The number of rotatable bonds is 6. The topological polar surface area (TPSA) is 39.7 Å². The first-order valence-corrected chi connectivity index (χ1v) is 10.6. The van der Waals surface area contributed by atoms with Gasteiger partial charge in [0.15, 0.2) is 0 Å². The lowest BCUT2D eigenvalue weighted by Crippen LogP contribution is -2.51.